The Labute approximate surface area is 206 Å². The van der Waals surface area contributed by atoms with Gasteiger partial charge in [0.2, 0.25) is 5.91 Å². The summed E-state index contributed by atoms with van der Waals surface area (Å²) in [5, 5.41) is 12.4. The smallest absolute Gasteiger partial charge is 0.237 e. The van der Waals surface area contributed by atoms with E-state index in [1.54, 1.807) is 24.5 Å². The number of aliphatic hydroxyl groups is 1. The molecule has 2 atom stereocenters. The molecule has 2 heterocycles. The van der Waals surface area contributed by atoms with Crippen LogP contribution >= 0.6 is 11.3 Å². The van der Waals surface area contributed by atoms with Crippen LogP contribution < -0.4 is 9.47 Å². The zero-order chi connectivity index (χ0) is 24.5. The fourth-order valence-electron chi connectivity index (χ4n) is 4.04. The normalized spacial score (nSPS) is 16.4. The van der Waals surface area contributed by atoms with Gasteiger partial charge in [0.05, 0.1) is 38.5 Å². The van der Waals surface area contributed by atoms with E-state index < -0.39 is 6.10 Å². The Morgan fingerprint density at radius 1 is 1.29 bits per heavy atom. The van der Waals surface area contributed by atoms with E-state index in [1.807, 2.05) is 47.9 Å². The minimum Gasteiger partial charge on any atom is -0.497 e. The van der Waals surface area contributed by atoms with Crippen molar-refractivity contribution in [3.05, 3.63) is 58.8 Å². The van der Waals surface area contributed by atoms with Gasteiger partial charge in [-0.1, -0.05) is 6.08 Å². The van der Waals surface area contributed by atoms with Gasteiger partial charge in [-0.3, -0.25) is 9.69 Å². The molecule has 1 N–H and O–H groups in total. The number of aliphatic hydroxyl groups excluding tert-OH is 1. The Kier molecular flexibility index (Phi) is 9.95. The molecule has 1 aliphatic heterocycles. The molecule has 0 saturated heterocycles. The third-order valence-corrected chi connectivity index (χ3v) is 6.72. The molecule has 7 nitrogen and oxygen atoms in total. The highest BCUT2D eigenvalue weighted by Gasteiger charge is 2.33. The van der Waals surface area contributed by atoms with Crippen molar-refractivity contribution >= 4 is 17.2 Å². The van der Waals surface area contributed by atoms with E-state index in [1.165, 1.54) is 4.88 Å². The average molecular weight is 489 g/mol. The van der Waals surface area contributed by atoms with Gasteiger partial charge < -0.3 is 24.2 Å². The number of carbonyl (C=O) groups is 1. The topological polar surface area (TPSA) is 71.5 Å². The van der Waals surface area contributed by atoms with Crippen LogP contribution in [0.25, 0.3) is 0 Å². The van der Waals surface area contributed by atoms with Crippen molar-refractivity contribution in [1.82, 2.24) is 9.80 Å². The zero-order valence-corrected chi connectivity index (χ0v) is 21.1. The van der Waals surface area contributed by atoms with Crippen molar-refractivity contribution in [3.63, 3.8) is 0 Å². The SMILES string of the molecule is C=CCN(CC(=O)N1CCc2sccc2[C@H]1COc1ccc(OC)cc1)C[C@H](O)COC(C)C. The van der Waals surface area contributed by atoms with Crippen LogP contribution in [-0.4, -0.2) is 79.5 Å². The molecule has 0 bridgehead atoms. The molecule has 1 aromatic carbocycles. The van der Waals surface area contributed by atoms with Gasteiger partial charge >= 0.3 is 0 Å². The van der Waals surface area contributed by atoms with Crippen LogP contribution in [0.5, 0.6) is 11.5 Å². The van der Waals surface area contributed by atoms with Gasteiger partial charge in [0.1, 0.15) is 18.1 Å². The highest BCUT2D eigenvalue weighted by atomic mass is 32.1. The molecule has 0 unspecified atom stereocenters. The fraction of sp³-hybridized carbons (Fsp3) is 0.500. The maximum atomic E-state index is 13.4. The molecule has 0 saturated carbocycles. The molecular formula is C26H36N2O5S. The number of hydrogen-bond acceptors (Lipinski definition) is 7. The first-order valence-electron chi connectivity index (χ1n) is 11.7. The Morgan fingerprint density at radius 2 is 2.03 bits per heavy atom. The Bertz CT molecular complexity index is 914. The van der Waals surface area contributed by atoms with Crippen LogP contribution in [0.15, 0.2) is 48.4 Å². The van der Waals surface area contributed by atoms with Crippen molar-refractivity contribution < 1.29 is 24.1 Å². The van der Waals surface area contributed by atoms with Crippen molar-refractivity contribution in [2.75, 3.05) is 46.5 Å². The lowest BCUT2D eigenvalue weighted by molar-refractivity contribution is -0.136. The van der Waals surface area contributed by atoms with Crippen LogP contribution in [0, 0.1) is 0 Å². The van der Waals surface area contributed by atoms with Crippen molar-refractivity contribution in [2.24, 2.45) is 0 Å². The van der Waals surface area contributed by atoms with Crippen LogP contribution in [-0.2, 0) is 16.0 Å². The molecule has 0 fully saturated rings. The third-order valence-electron chi connectivity index (χ3n) is 5.72. The lowest BCUT2D eigenvalue weighted by Gasteiger charge is -2.37. The van der Waals surface area contributed by atoms with Gasteiger partial charge in [-0.25, -0.2) is 0 Å². The van der Waals surface area contributed by atoms with E-state index in [4.69, 9.17) is 14.2 Å². The summed E-state index contributed by atoms with van der Waals surface area (Å²) < 4.78 is 16.8. The van der Waals surface area contributed by atoms with E-state index in [0.717, 1.165) is 23.5 Å². The predicted octanol–water partition coefficient (Wildman–Crippen LogP) is 3.54. The highest BCUT2D eigenvalue weighted by Crippen LogP contribution is 2.34. The monoisotopic (exact) mass is 488 g/mol. The largest absolute Gasteiger partial charge is 0.497 e. The Hall–Kier alpha value is -2.39. The summed E-state index contributed by atoms with van der Waals surface area (Å²) >= 11 is 1.73. The summed E-state index contributed by atoms with van der Waals surface area (Å²) in [6.07, 6.45) is 1.96. The van der Waals surface area contributed by atoms with E-state index in [-0.39, 0.29) is 31.2 Å². The first kappa shape index (κ1) is 26.2. The maximum absolute atomic E-state index is 13.4. The summed E-state index contributed by atoms with van der Waals surface area (Å²) in [5.74, 6) is 1.52. The number of methoxy groups -OCH3 is 1. The molecular weight excluding hydrogens is 452 g/mol. The molecule has 8 heteroatoms. The van der Waals surface area contributed by atoms with Crippen LogP contribution in [0.3, 0.4) is 0 Å². The van der Waals surface area contributed by atoms with Gasteiger partial charge in [-0.15, -0.1) is 17.9 Å². The number of rotatable bonds is 13. The molecule has 1 aliphatic rings. The van der Waals surface area contributed by atoms with Crippen LogP contribution in [0.4, 0.5) is 0 Å². The van der Waals surface area contributed by atoms with Gasteiger partial charge in [-0.05, 0) is 61.5 Å². The van der Waals surface area contributed by atoms with Gasteiger partial charge in [0, 0.05) is 24.5 Å². The van der Waals surface area contributed by atoms with E-state index in [2.05, 4.69) is 18.0 Å². The van der Waals surface area contributed by atoms with E-state index >= 15 is 0 Å². The molecule has 1 aromatic heterocycles. The number of ether oxygens (including phenoxy) is 3. The number of carbonyl (C=O) groups excluding carboxylic acids is 1. The molecule has 0 radical (unpaired) electrons. The summed E-state index contributed by atoms with van der Waals surface area (Å²) in [7, 11) is 1.63. The predicted molar refractivity (Wildman–Crippen MR) is 135 cm³/mol. The lowest BCUT2D eigenvalue weighted by Crippen LogP contribution is -2.48. The van der Waals surface area contributed by atoms with Crippen LogP contribution in [0.1, 0.15) is 30.3 Å². The number of amides is 1. The quantitative estimate of drug-likeness (QED) is 0.435. The van der Waals surface area contributed by atoms with Gasteiger partial charge in [-0.2, -0.15) is 0 Å². The number of nitrogens with zero attached hydrogens (tertiary/aromatic N) is 2. The minimum atomic E-state index is -0.672. The second-order valence-electron chi connectivity index (χ2n) is 8.66. The minimum absolute atomic E-state index is 0.0130. The summed E-state index contributed by atoms with van der Waals surface area (Å²) in [4.78, 5) is 18.6. The van der Waals surface area contributed by atoms with Crippen molar-refractivity contribution in [3.8, 4) is 11.5 Å². The van der Waals surface area contributed by atoms with Crippen LogP contribution in [0.2, 0.25) is 0 Å². The molecule has 0 aliphatic carbocycles. The number of thiophene rings is 1. The second-order valence-corrected chi connectivity index (χ2v) is 9.66. The molecule has 1 amide bonds. The highest BCUT2D eigenvalue weighted by molar-refractivity contribution is 7.10. The molecule has 2 aromatic rings. The standard InChI is InChI=1S/C26H36N2O5S/c1-5-12-27(15-20(29)17-32-19(2)3)16-26(30)28-13-10-25-23(11-14-34-25)24(28)18-33-22-8-6-21(31-4)7-9-22/h5-9,11,14,19-20,24,29H,1,10,12-13,15-18H2,2-4H3/t20-,24+/m0/s1. The summed E-state index contributed by atoms with van der Waals surface area (Å²) in [6, 6.07) is 9.39. The van der Waals surface area contributed by atoms with Crippen molar-refractivity contribution in [1.29, 1.82) is 0 Å². The van der Waals surface area contributed by atoms with Gasteiger partial charge in [0.25, 0.3) is 0 Å². The number of fused-ring (bicyclic) bond motifs is 1. The van der Waals surface area contributed by atoms with E-state index in [9.17, 15) is 9.90 Å². The average Bonchev–Trinajstić information content (AvgIpc) is 3.30. The Morgan fingerprint density at radius 3 is 2.71 bits per heavy atom. The zero-order valence-electron chi connectivity index (χ0n) is 20.3. The lowest BCUT2D eigenvalue weighted by atomic mass is 10.0. The molecule has 3 rings (SSSR count). The second kappa shape index (κ2) is 12.9. The van der Waals surface area contributed by atoms with Gasteiger partial charge in [0.15, 0.2) is 0 Å². The Balaban J connectivity index is 1.67. The number of benzene rings is 1. The summed E-state index contributed by atoms with van der Waals surface area (Å²) in [6.45, 7) is 9.97. The molecule has 34 heavy (non-hydrogen) atoms. The molecule has 186 valence electrons. The van der Waals surface area contributed by atoms with Crippen molar-refractivity contribution in [2.45, 2.75) is 38.5 Å². The first-order chi connectivity index (χ1) is 16.4. The number of hydrogen-bond donors (Lipinski definition) is 1. The first-order valence-corrected chi connectivity index (χ1v) is 12.5. The third kappa shape index (κ3) is 7.30. The van der Waals surface area contributed by atoms with E-state index in [0.29, 0.717) is 26.2 Å². The molecule has 0 spiro atoms. The fourth-order valence-corrected chi connectivity index (χ4v) is 4.97. The summed E-state index contributed by atoms with van der Waals surface area (Å²) in [5.41, 5.74) is 1.15. The maximum Gasteiger partial charge on any atom is 0.237 e.